The van der Waals surface area contributed by atoms with E-state index in [1.54, 1.807) is 19.3 Å². The van der Waals surface area contributed by atoms with Crippen LogP contribution in [0.2, 0.25) is 0 Å². The van der Waals surface area contributed by atoms with Gasteiger partial charge >= 0.3 is 0 Å². The number of nitrogens with one attached hydrogen (secondary N) is 1. The number of rotatable bonds is 10. The maximum atomic E-state index is 11.8. The van der Waals surface area contributed by atoms with E-state index in [9.17, 15) is 9.90 Å². The highest BCUT2D eigenvalue weighted by molar-refractivity contribution is 5.91. The van der Waals surface area contributed by atoms with Gasteiger partial charge < -0.3 is 19.6 Å². The number of ether oxygens (including phenoxy) is 1. The average Bonchev–Trinajstić information content (AvgIpc) is 2.56. The molecule has 1 rings (SSSR count). The minimum absolute atomic E-state index is 0.0929. The summed E-state index contributed by atoms with van der Waals surface area (Å²) in [4.78, 5) is 11.8. The molecule has 0 bridgehead atoms. The number of carbonyl (C=O) groups excluding carboxylic acids is 1. The van der Waals surface area contributed by atoms with Crippen LogP contribution in [0.15, 0.2) is 30.3 Å². The molecule has 1 aromatic rings. The molecule has 24 heavy (non-hydrogen) atoms. The second-order valence-electron chi connectivity index (χ2n) is 6.66. The number of likely N-dealkylation sites (N-methyl/N-ethyl adjacent to an activating group) is 1. The molecular formula is C19H31N2O3+. The van der Waals surface area contributed by atoms with Gasteiger partial charge in [0.15, 0.2) is 0 Å². The molecule has 1 unspecified atom stereocenters. The van der Waals surface area contributed by atoms with Crippen LogP contribution >= 0.6 is 0 Å². The Morgan fingerprint density at radius 3 is 2.58 bits per heavy atom. The SMILES string of the molecule is CCC(O)C[N+](C)(C)CCCNC(=O)/C=C/c1ccc(OC)cc1. The van der Waals surface area contributed by atoms with Crippen molar-refractivity contribution >= 4 is 12.0 Å². The van der Waals surface area contributed by atoms with E-state index < -0.39 is 0 Å². The third-order valence-corrected chi connectivity index (χ3v) is 3.96. The lowest BCUT2D eigenvalue weighted by Crippen LogP contribution is -2.46. The van der Waals surface area contributed by atoms with Crippen molar-refractivity contribution in [2.24, 2.45) is 0 Å². The van der Waals surface area contributed by atoms with Crippen molar-refractivity contribution in [2.45, 2.75) is 25.9 Å². The van der Waals surface area contributed by atoms with E-state index in [-0.39, 0.29) is 12.0 Å². The van der Waals surface area contributed by atoms with Crippen LogP contribution in [0, 0.1) is 0 Å². The largest absolute Gasteiger partial charge is 0.497 e. The van der Waals surface area contributed by atoms with E-state index in [0.717, 1.165) is 41.7 Å². The molecule has 0 radical (unpaired) electrons. The Labute approximate surface area is 145 Å². The van der Waals surface area contributed by atoms with Gasteiger partial charge in [0.1, 0.15) is 18.4 Å². The number of aliphatic hydroxyl groups excluding tert-OH is 1. The van der Waals surface area contributed by atoms with Crippen molar-refractivity contribution in [2.75, 3.05) is 40.8 Å². The summed E-state index contributed by atoms with van der Waals surface area (Å²) in [6, 6.07) is 7.54. The highest BCUT2D eigenvalue weighted by Crippen LogP contribution is 2.12. The van der Waals surface area contributed by atoms with Crippen molar-refractivity contribution in [3.8, 4) is 5.75 Å². The molecule has 0 aliphatic rings. The molecule has 0 fully saturated rings. The lowest BCUT2D eigenvalue weighted by molar-refractivity contribution is -0.893. The van der Waals surface area contributed by atoms with Crippen molar-refractivity contribution in [3.63, 3.8) is 0 Å². The summed E-state index contributed by atoms with van der Waals surface area (Å²) < 4.78 is 5.85. The first kappa shape index (κ1) is 20.2. The third-order valence-electron chi connectivity index (χ3n) is 3.96. The number of hydrogen-bond acceptors (Lipinski definition) is 3. The van der Waals surface area contributed by atoms with Crippen LogP contribution in [0.25, 0.3) is 6.08 Å². The molecule has 2 N–H and O–H groups in total. The van der Waals surface area contributed by atoms with E-state index in [1.165, 1.54) is 0 Å². The fraction of sp³-hybridized carbons (Fsp3) is 0.526. The number of methoxy groups -OCH3 is 1. The van der Waals surface area contributed by atoms with Gasteiger partial charge in [-0.2, -0.15) is 0 Å². The Morgan fingerprint density at radius 2 is 2.00 bits per heavy atom. The molecule has 0 aromatic heterocycles. The molecule has 0 aliphatic heterocycles. The molecule has 0 spiro atoms. The second kappa shape index (κ2) is 10.1. The summed E-state index contributed by atoms with van der Waals surface area (Å²) in [5, 5.41) is 12.6. The number of aliphatic hydroxyl groups is 1. The van der Waals surface area contributed by atoms with E-state index in [0.29, 0.717) is 6.54 Å². The van der Waals surface area contributed by atoms with E-state index in [4.69, 9.17) is 4.74 Å². The zero-order valence-electron chi connectivity index (χ0n) is 15.3. The molecule has 1 amide bonds. The summed E-state index contributed by atoms with van der Waals surface area (Å²) in [6.07, 6.45) is 4.72. The van der Waals surface area contributed by atoms with Gasteiger partial charge in [-0.15, -0.1) is 0 Å². The topological polar surface area (TPSA) is 58.6 Å². The number of carbonyl (C=O) groups is 1. The number of amides is 1. The summed E-state index contributed by atoms with van der Waals surface area (Å²) in [6.45, 7) is 4.27. The Balaban J connectivity index is 2.29. The average molecular weight is 335 g/mol. The van der Waals surface area contributed by atoms with Crippen LogP contribution < -0.4 is 10.1 Å². The number of nitrogens with zero attached hydrogens (tertiary/aromatic N) is 1. The zero-order chi connectivity index (χ0) is 18.0. The number of quaternary nitrogens is 1. The van der Waals surface area contributed by atoms with Gasteiger partial charge in [0.25, 0.3) is 0 Å². The standard InChI is InChI=1S/C19H30N2O3/c1-5-17(22)15-21(2,3)14-6-13-20-19(23)12-9-16-7-10-18(24-4)11-8-16/h7-12,17,22H,5-6,13-15H2,1-4H3/p+1/b12-9+. The molecule has 1 atom stereocenters. The predicted molar refractivity (Wildman–Crippen MR) is 97.8 cm³/mol. The van der Waals surface area contributed by atoms with Gasteiger partial charge in [-0.25, -0.2) is 0 Å². The smallest absolute Gasteiger partial charge is 0.244 e. The molecule has 0 saturated carbocycles. The van der Waals surface area contributed by atoms with E-state index >= 15 is 0 Å². The number of hydrogen-bond donors (Lipinski definition) is 2. The lowest BCUT2D eigenvalue weighted by Gasteiger charge is -2.31. The summed E-state index contributed by atoms with van der Waals surface area (Å²) >= 11 is 0. The minimum Gasteiger partial charge on any atom is -0.497 e. The molecule has 0 saturated heterocycles. The van der Waals surface area contributed by atoms with Crippen LogP contribution in [0.1, 0.15) is 25.3 Å². The molecule has 1 aromatic carbocycles. The van der Waals surface area contributed by atoms with Crippen molar-refractivity contribution in [1.29, 1.82) is 0 Å². The fourth-order valence-corrected chi connectivity index (χ4v) is 2.46. The minimum atomic E-state index is -0.262. The van der Waals surface area contributed by atoms with Crippen LogP contribution in [0.4, 0.5) is 0 Å². The van der Waals surface area contributed by atoms with Crippen LogP contribution in [0.3, 0.4) is 0 Å². The fourth-order valence-electron chi connectivity index (χ4n) is 2.46. The van der Waals surface area contributed by atoms with Crippen LogP contribution in [-0.2, 0) is 4.79 Å². The summed E-state index contributed by atoms with van der Waals surface area (Å²) in [5.41, 5.74) is 0.956. The van der Waals surface area contributed by atoms with E-state index in [2.05, 4.69) is 19.4 Å². The highest BCUT2D eigenvalue weighted by atomic mass is 16.5. The molecule has 134 valence electrons. The summed E-state index contributed by atoms with van der Waals surface area (Å²) in [5.74, 6) is 0.704. The van der Waals surface area contributed by atoms with Crippen molar-refractivity contribution < 1.29 is 19.1 Å². The molecule has 5 nitrogen and oxygen atoms in total. The second-order valence-corrected chi connectivity index (χ2v) is 6.66. The summed E-state index contributed by atoms with van der Waals surface area (Å²) in [7, 11) is 5.83. The van der Waals surface area contributed by atoms with Gasteiger partial charge in [-0.1, -0.05) is 19.1 Å². The van der Waals surface area contributed by atoms with Gasteiger partial charge in [-0.3, -0.25) is 4.79 Å². The Kier molecular flexibility index (Phi) is 8.50. The van der Waals surface area contributed by atoms with E-state index in [1.807, 2.05) is 31.2 Å². The van der Waals surface area contributed by atoms with Crippen LogP contribution in [0.5, 0.6) is 5.75 Å². The Morgan fingerprint density at radius 1 is 1.33 bits per heavy atom. The highest BCUT2D eigenvalue weighted by Gasteiger charge is 2.18. The lowest BCUT2D eigenvalue weighted by atomic mass is 10.2. The van der Waals surface area contributed by atoms with Gasteiger partial charge in [0.05, 0.1) is 27.7 Å². The first-order valence-electron chi connectivity index (χ1n) is 8.46. The monoisotopic (exact) mass is 335 g/mol. The van der Waals surface area contributed by atoms with Crippen molar-refractivity contribution in [3.05, 3.63) is 35.9 Å². The first-order chi connectivity index (χ1) is 11.4. The van der Waals surface area contributed by atoms with Gasteiger partial charge in [-0.05, 0) is 30.2 Å². The maximum Gasteiger partial charge on any atom is 0.244 e. The van der Waals surface area contributed by atoms with Crippen molar-refractivity contribution in [1.82, 2.24) is 5.32 Å². The third kappa shape index (κ3) is 8.13. The maximum absolute atomic E-state index is 11.8. The predicted octanol–water partition coefficient (Wildman–Crippen LogP) is 2.06. The molecular weight excluding hydrogens is 304 g/mol. The molecule has 0 heterocycles. The normalized spacial score (nSPS) is 13.0. The molecule has 0 aliphatic carbocycles. The first-order valence-corrected chi connectivity index (χ1v) is 8.46. The van der Waals surface area contributed by atoms with Crippen LogP contribution in [-0.4, -0.2) is 62.4 Å². The Bertz CT molecular complexity index is 524. The zero-order valence-corrected chi connectivity index (χ0v) is 15.3. The number of benzene rings is 1. The molecule has 5 heteroatoms. The Hall–Kier alpha value is -1.85. The quantitative estimate of drug-likeness (QED) is 0.391. The van der Waals surface area contributed by atoms with Gasteiger partial charge in [0, 0.05) is 19.0 Å². The van der Waals surface area contributed by atoms with Gasteiger partial charge in [0.2, 0.25) is 5.91 Å².